The van der Waals surface area contributed by atoms with E-state index in [1.54, 1.807) is 11.4 Å². The molecule has 1 heterocycles. The Kier molecular flexibility index (Phi) is 6.62. The third-order valence-electron chi connectivity index (χ3n) is 3.50. The van der Waals surface area contributed by atoms with Crippen molar-refractivity contribution in [2.24, 2.45) is 0 Å². The first kappa shape index (κ1) is 18.7. The van der Waals surface area contributed by atoms with E-state index < -0.39 is 17.9 Å². The van der Waals surface area contributed by atoms with Crippen molar-refractivity contribution in [3.8, 4) is 0 Å². The normalized spacial score (nSPS) is 16.0. The Labute approximate surface area is 131 Å². The molecule has 0 saturated carbocycles. The molecule has 1 aliphatic heterocycles. The van der Waals surface area contributed by atoms with Gasteiger partial charge in [-0.05, 0) is 55.1 Å². The molecule has 3 nitrogen and oxygen atoms in total. The second-order valence-corrected chi connectivity index (χ2v) is 5.10. The maximum Gasteiger partial charge on any atom is 0.471 e. The molecule has 0 aliphatic carbocycles. The molecule has 1 saturated heterocycles. The van der Waals surface area contributed by atoms with Gasteiger partial charge in [-0.15, -0.1) is 12.4 Å². The number of alkyl halides is 3. The van der Waals surface area contributed by atoms with E-state index in [1.807, 2.05) is 0 Å². The van der Waals surface area contributed by atoms with Crippen LogP contribution in [0.4, 0.5) is 17.6 Å². The van der Waals surface area contributed by atoms with E-state index in [1.165, 1.54) is 6.07 Å². The maximum atomic E-state index is 13.6. The summed E-state index contributed by atoms with van der Waals surface area (Å²) in [6, 6.07) is 4.21. The van der Waals surface area contributed by atoms with E-state index in [0.717, 1.165) is 37.6 Å². The summed E-state index contributed by atoms with van der Waals surface area (Å²) in [5.74, 6) is -2.32. The minimum Gasteiger partial charge on any atom is -0.344 e. The summed E-state index contributed by atoms with van der Waals surface area (Å²) in [7, 11) is 0. The first-order valence-electron chi connectivity index (χ1n) is 6.71. The number of nitrogens with one attached hydrogen (secondary N) is 2. The molecule has 1 aliphatic rings. The van der Waals surface area contributed by atoms with E-state index in [0.29, 0.717) is 5.56 Å². The number of hydrogen-bond acceptors (Lipinski definition) is 2. The first-order valence-corrected chi connectivity index (χ1v) is 6.71. The van der Waals surface area contributed by atoms with Gasteiger partial charge in [0.2, 0.25) is 0 Å². The molecule has 22 heavy (non-hydrogen) atoms. The Hall–Kier alpha value is -1.34. The molecule has 8 heteroatoms. The average molecular weight is 341 g/mol. The van der Waals surface area contributed by atoms with Crippen LogP contribution in [0.3, 0.4) is 0 Å². The summed E-state index contributed by atoms with van der Waals surface area (Å²) in [5.41, 5.74) is 1.11. The van der Waals surface area contributed by atoms with Crippen molar-refractivity contribution in [1.82, 2.24) is 10.6 Å². The molecule has 2 N–H and O–H groups in total. The standard InChI is InChI=1S/C14H16F4N2O.ClH/c15-12-6-9(8-20-13(21)14(16,17)18)5-11(7-12)10-1-3-19-4-2-10;/h5-7,10,19H,1-4,8H2,(H,20,21);1H. The van der Waals surface area contributed by atoms with Gasteiger partial charge in [-0.1, -0.05) is 6.07 Å². The van der Waals surface area contributed by atoms with Gasteiger partial charge in [0.05, 0.1) is 0 Å². The van der Waals surface area contributed by atoms with Crippen LogP contribution >= 0.6 is 12.4 Å². The van der Waals surface area contributed by atoms with Crippen LogP contribution in [0.25, 0.3) is 0 Å². The third kappa shape index (κ3) is 5.14. The van der Waals surface area contributed by atoms with Crippen molar-refractivity contribution in [2.75, 3.05) is 13.1 Å². The fraction of sp³-hybridized carbons (Fsp3) is 0.500. The fourth-order valence-corrected chi connectivity index (χ4v) is 2.45. The van der Waals surface area contributed by atoms with Gasteiger partial charge < -0.3 is 10.6 Å². The number of rotatable bonds is 3. The van der Waals surface area contributed by atoms with Crippen LogP contribution in [0.2, 0.25) is 0 Å². The quantitative estimate of drug-likeness (QED) is 0.831. The van der Waals surface area contributed by atoms with Gasteiger partial charge in [-0.2, -0.15) is 13.2 Å². The van der Waals surface area contributed by atoms with E-state index in [-0.39, 0.29) is 24.9 Å². The van der Waals surface area contributed by atoms with E-state index in [9.17, 15) is 22.4 Å². The molecule has 124 valence electrons. The Bertz CT molecular complexity index is 516. The molecule has 1 fully saturated rings. The van der Waals surface area contributed by atoms with Crippen LogP contribution in [0.15, 0.2) is 18.2 Å². The van der Waals surface area contributed by atoms with Gasteiger partial charge in [0.1, 0.15) is 5.82 Å². The third-order valence-corrected chi connectivity index (χ3v) is 3.50. The van der Waals surface area contributed by atoms with Crippen molar-refractivity contribution in [3.63, 3.8) is 0 Å². The predicted molar refractivity (Wildman–Crippen MR) is 76.4 cm³/mol. The largest absolute Gasteiger partial charge is 0.471 e. The number of halogens is 5. The Morgan fingerprint density at radius 3 is 2.45 bits per heavy atom. The highest BCUT2D eigenvalue weighted by Gasteiger charge is 2.38. The minimum atomic E-state index is -4.93. The van der Waals surface area contributed by atoms with E-state index >= 15 is 0 Å². The fourth-order valence-electron chi connectivity index (χ4n) is 2.45. The molecule has 0 aromatic heterocycles. The number of hydrogen-bond donors (Lipinski definition) is 2. The Balaban J connectivity index is 0.00000242. The lowest BCUT2D eigenvalue weighted by Crippen LogP contribution is -2.36. The van der Waals surface area contributed by atoms with Gasteiger partial charge in [0.15, 0.2) is 0 Å². The van der Waals surface area contributed by atoms with Crippen molar-refractivity contribution in [3.05, 3.63) is 35.1 Å². The van der Waals surface area contributed by atoms with Gasteiger partial charge >= 0.3 is 12.1 Å². The Morgan fingerprint density at radius 1 is 1.23 bits per heavy atom. The number of piperidine rings is 1. The molecule has 0 unspecified atom stereocenters. The van der Waals surface area contributed by atoms with Crippen LogP contribution < -0.4 is 10.6 Å². The summed E-state index contributed by atoms with van der Waals surface area (Å²) >= 11 is 0. The summed E-state index contributed by atoms with van der Waals surface area (Å²) in [5, 5.41) is 4.95. The molecule has 1 aromatic rings. The lowest BCUT2D eigenvalue weighted by molar-refractivity contribution is -0.173. The van der Waals surface area contributed by atoms with Gasteiger partial charge in [-0.3, -0.25) is 4.79 Å². The molecule has 0 atom stereocenters. The number of benzene rings is 1. The summed E-state index contributed by atoms with van der Waals surface area (Å²) in [4.78, 5) is 10.8. The van der Waals surface area contributed by atoms with Crippen molar-refractivity contribution < 1.29 is 22.4 Å². The Morgan fingerprint density at radius 2 is 1.86 bits per heavy atom. The van der Waals surface area contributed by atoms with Crippen molar-refractivity contribution in [1.29, 1.82) is 0 Å². The molecule has 0 spiro atoms. The second-order valence-electron chi connectivity index (χ2n) is 5.10. The van der Waals surface area contributed by atoms with Gasteiger partial charge in [0, 0.05) is 6.54 Å². The molecule has 0 radical (unpaired) electrons. The molecular formula is C14H17ClF4N2O. The summed E-state index contributed by atoms with van der Waals surface area (Å²) < 4.78 is 49.9. The first-order chi connectivity index (χ1) is 9.86. The van der Waals surface area contributed by atoms with Crippen LogP contribution in [0.1, 0.15) is 29.9 Å². The van der Waals surface area contributed by atoms with Crippen LogP contribution in [-0.2, 0) is 11.3 Å². The van der Waals surface area contributed by atoms with Crippen LogP contribution in [0, 0.1) is 5.82 Å². The molecular weight excluding hydrogens is 324 g/mol. The van der Waals surface area contributed by atoms with Crippen LogP contribution in [-0.4, -0.2) is 25.2 Å². The molecule has 1 aromatic carbocycles. The number of amides is 1. The van der Waals surface area contributed by atoms with Crippen molar-refractivity contribution in [2.45, 2.75) is 31.5 Å². The zero-order valence-electron chi connectivity index (χ0n) is 11.7. The molecule has 1 amide bonds. The summed E-state index contributed by atoms with van der Waals surface area (Å²) in [6.07, 6.45) is -3.21. The second kappa shape index (κ2) is 7.78. The molecule has 0 bridgehead atoms. The monoisotopic (exact) mass is 340 g/mol. The highest BCUT2D eigenvalue weighted by atomic mass is 35.5. The van der Waals surface area contributed by atoms with Gasteiger partial charge in [-0.25, -0.2) is 4.39 Å². The average Bonchev–Trinajstić information content (AvgIpc) is 2.44. The number of carbonyl (C=O) groups excluding carboxylic acids is 1. The predicted octanol–water partition coefficient (Wildman–Crippen LogP) is 2.89. The van der Waals surface area contributed by atoms with Crippen molar-refractivity contribution >= 4 is 18.3 Å². The van der Waals surface area contributed by atoms with Gasteiger partial charge in [0.25, 0.3) is 0 Å². The zero-order valence-corrected chi connectivity index (χ0v) is 12.5. The van der Waals surface area contributed by atoms with E-state index in [2.05, 4.69) is 5.32 Å². The lowest BCUT2D eigenvalue weighted by atomic mass is 9.89. The molecule has 2 rings (SSSR count). The minimum absolute atomic E-state index is 0. The lowest BCUT2D eigenvalue weighted by Gasteiger charge is -2.23. The van der Waals surface area contributed by atoms with Crippen LogP contribution in [0.5, 0.6) is 0 Å². The highest BCUT2D eigenvalue weighted by Crippen LogP contribution is 2.26. The summed E-state index contributed by atoms with van der Waals surface area (Å²) in [6.45, 7) is 1.33. The smallest absolute Gasteiger partial charge is 0.344 e. The van der Waals surface area contributed by atoms with E-state index in [4.69, 9.17) is 0 Å². The highest BCUT2D eigenvalue weighted by molar-refractivity contribution is 5.85. The topological polar surface area (TPSA) is 41.1 Å². The SMILES string of the molecule is Cl.O=C(NCc1cc(F)cc(C2CCNCC2)c1)C(F)(F)F. The number of carbonyl (C=O) groups is 1. The maximum absolute atomic E-state index is 13.6. The zero-order chi connectivity index (χ0) is 15.5.